The molecule has 0 aliphatic carbocycles. The van der Waals surface area contributed by atoms with E-state index in [4.69, 9.17) is 11.6 Å². The first kappa shape index (κ1) is 16.3. The molecule has 0 fully saturated rings. The quantitative estimate of drug-likeness (QED) is 0.846. The molecule has 0 aromatic heterocycles. The van der Waals surface area contributed by atoms with Crippen LogP contribution < -0.4 is 5.32 Å². The summed E-state index contributed by atoms with van der Waals surface area (Å²) in [6, 6.07) is 9.24. The Kier molecular flexibility index (Phi) is 4.91. The molecule has 0 atom stereocenters. The van der Waals surface area contributed by atoms with Crippen molar-refractivity contribution in [2.75, 3.05) is 11.6 Å². The first-order valence-corrected chi connectivity index (χ1v) is 9.01. The minimum Gasteiger partial charge on any atom is -0.378 e. The second-order valence-corrected chi connectivity index (χ2v) is 7.77. The fourth-order valence-corrected chi connectivity index (χ4v) is 3.46. The van der Waals surface area contributed by atoms with Crippen molar-refractivity contribution in [3.63, 3.8) is 0 Å². The fourth-order valence-electron chi connectivity index (χ4n) is 1.87. The van der Waals surface area contributed by atoms with Crippen molar-refractivity contribution >= 4 is 43.1 Å². The number of benzene rings is 2. The van der Waals surface area contributed by atoms with E-state index in [2.05, 4.69) is 21.2 Å². The van der Waals surface area contributed by atoms with E-state index in [9.17, 15) is 12.8 Å². The van der Waals surface area contributed by atoms with Gasteiger partial charge in [0.15, 0.2) is 9.84 Å². The summed E-state index contributed by atoms with van der Waals surface area (Å²) in [4.78, 5) is 0.139. The molecule has 0 aliphatic rings. The van der Waals surface area contributed by atoms with Gasteiger partial charge in [0.1, 0.15) is 5.82 Å². The molecule has 0 amide bonds. The van der Waals surface area contributed by atoms with Gasteiger partial charge in [-0.2, -0.15) is 0 Å². The number of hydrogen-bond acceptors (Lipinski definition) is 3. The Hall–Kier alpha value is -1.11. The number of sulfone groups is 1. The molecule has 0 aliphatic heterocycles. The predicted molar refractivity (Wildman–Crippen MR) is 86.0 cm³/mol. The highest BCUT2D eigenvalue weighted by Gasteiger charge is 2.16. The number of anilines is 1. The Morgan fingerprint density at radius 3 is 2.62 bits per heavy atom. The van der Waals surface area contributed by atoms with Gasteiger partial charge in [-0.15, -0.1) is 0 Å². The zero-order valence-electron chi connectivity index (χ0n) is 11.0. The average molecular weight is 393 g/mol. The second kappa shape index (κ2) is 6.34. The van der Waals surface area contributed by atoms with E-state index in [0.717, 1.165) is 6.26 Å². The van der Waals surface area contributed by atoms with Crippen LogP contribution in [0.4, 0.5) is 10.1 Å². The van der Waals surface area contributed by atoms with Gasteiger partial charge in [0.25, 0.3) is 0 Å². The van der Waals surface area contributed by atoms with Crippen molar-refractivity contribution in [3.8, 4) is 0 Å². The minimum atomic E-state index is -3.40. The van der Waals surface area contributed by atoms with Crippen LogP contribution in [0.15, 0.2) is 45.8 Å². The number of nitrogens with one attached hydrogen (secondary N) is 1. The molecule has 0 saturated carbocycles. The zero-order chi connectivity index (χ0) is 15.6. The van der Waals surface area contributed by atoms with E-state index in [0.29, 0.717) is 15.1 Å². The number of rotatable bonds is 4. The molecule has 112 valence electrons. The van der Waals surface area contributed by atoms with Gasteiger partial charge in [-0.3, -0.25) is 0 Å². The molecule has 21 heavy (non-hydrogen) atoms. The summed E-state index contributed by atoms with van der Waals surface area (Å²) in [7, 11) is -3.40. The molecule has 7 heteroatoms. The molecule has 3 nitrogen and oxygen atoms in total. The van der Waals surface area contributed by atoms with E-state index in [1.165, 1.54) is 12.1 Å². The van der Waals surface area contributed by atoms with Gasteiger partial charge in [0, 0.05) is 27.9 Å². The van der Waals surface area contributed by atoms with Crippen molar-refractivity contribution in [1.82, 2.24) is 0 Å². The van der Waals surface area contributed by atoms with Crippen LogP contribution in [-0.2, 0) is 16.4 Å². The normalized spacial score (nSPS) is 11.4. The van der Waals surface area contributed by atoms with Gasteiger partial charge < -0.3 is 5.32 Å². The Bertz CT molecular complexity index is 781. The molecule has 2 rings (SSSR count). The van der Waals surface area contributed by atoms with Gasteiger partial charge in [-0.1, -0.05) is 33.6 Å². The van der Waals surface area contributed by atoms with E-state index in [-0.39, 0.29) is 17.1 Å². The highest BCUT2D eigenvalue weighted by Crippen LogP contribution is 2.26. The molecule has 0 heterocycles. The molecular weight excluding hydrogens is 381 g/mol. The third kappa shape index (κ3) is 3.96. The minimum absolute atomic E-state index is 0.112. The van der Waals surface area contributed by atoms with E-state index >= 15 is 0 Å². The van der Waals surface area contributed by atoms with Gasteiger partial charge in [-0.05, 0) is 30.3 Å². The van der Waals surface area contributed by atoms with Crippen LogP contribution in [0.5, 0.6) is 0 Å². The van der Waals surface area contributed by atoms with Crippen LogP contribution >= 0.6 is 27.5 Å². The Balaban J connectivity index is 2.32. The van der Waals surface area contributed by atoms with Crippen molar-refractivity contribution in [2.45, 2.75) is 11.4 Å². The van der Waals surface area contributed by atoms with Gasteiger partial charge in [0.2, 0.25) is 0 Å². The largest absolute Gasteiger partial charge is 0.378 e. The van der Waals surface area contributed by atoms with Crippen molar-refractivity contribution in [2.24, 2.45) is 0 Å². The summed E-state index contributed by atoms with van der Waals surface area (Å²) >= 11 is 9.23. The van der Waals surface area contributed by atoms with Crippen molar-refractivity contribution in [3.05, 3.63) is 57.3 Å². The Morgan fingerprint density at radius 1 is 1.29 bits per heavy atom. The third-order valence-electron chi connectivity index (χ3n) is 2.86. The molecule has 0 bridgehead atoms. The topological polar surface area (TPSA) is 46.2 Å². The Morgan fingerprint density at radius 2 is 2.00 bits per heavy atom. The molecule has 2 aromatic carbocycles. The SMILES string of the molecule is CS(=O)(=O)c1cccc(Cl)c1CNc1ccc(Br)cc1F. The first-order valence-electron chi connectivity index (χ1n) is 5.95. The molecular formula is C14H12BrClFNO2S. The second-order valence-electron chi connectivity index (χ2n) is 4.47. The summed E-state index contributed by atoms with van der Waals surface area (Å²) in [5, 5.41) is 3.19. The standard InChI is InChI=1S/C14H12BrClFNO2S/c1-21(19,20)14-4-2-3-11(16)10(14)8-18-13-6-5-9(15)7-12(13)17/h2-7,18H,8H2,1H3. The summed E-state index contributed by atoms with van der Waals surface area (Å²) in [5.74, 6) is -0.433. The Labute approximate surface area is 136 Å². The van der Waals surface area contributed by atoms with Crippen molar-refractivity contribution in [1.29, 1.82) is 0 Å². The predicted octanol–water partition coefficient (Wildman–Crippen LogP) is 4.26. The van der Waals surface area contributed by atoms with E-state index in [1.807, 2.05) is 0 Å². The summed E-state index contributed by atoms with van der Waals surface area (Å²) in [6.07, 6.45) is 1.11. The summed E-state index contributed by atoms with van der Waals surface area (Å²) < 4.78 is 37.9. The van der Waals surface area contributed by atoms with Crippen LogP contribution in [0.3, 0.4) is 0 Å². The fraction of sp³-hybridized carbons (Fsp3) is 0.143. The van der Waals surface area contributed by atoms with Crippen LogP contribution in [-0.4, -0.2) is 14.7 Å². The average Bonchev–Trinajstić information content (AvgIpc) is 2.37. The lowest BCUT2D eigenvalue weighted by Gasteiger charge is -2.12. The summed E-state index contributed by atoms with van der Waals surface area (Å²) in [5.41, 5.74) is 0.696. The monoisotopic (exact) mass is 391 g/mol. The van der Waals surface area contributed by atoms with Crippen LogP contribution in [0, 0.1) is 5.82 Å². The maximum Gasteiger partial charge on any atom is 0.175 e. The molecule has 2 aromatic rings. The van der Waals surface area contributed by atoms with Crippen LogP contribution in [0.2, 0.25) is 5.02 Å². The highest BCUT2D eigenvalue weighted by atomic mass is 79.9. The molecule has 0 spiro atoms. The molecule has 0 saturated heterocycles. The van der Waals surface area contributed by atoms with Gasteiger partial charge in [-0.25, -0.2) is 12.8 Å². The lowest BCUT2D eigenvalue weighted by Crippen LogP contribution is -2.08. The maximum atomic E-state index is 13.7. The molecule has 0 radical (unpaired) electrons. The van der Waals surface area contributed by atoms with Gasteiger partial charge in [0.05, 0.1) is 10.6 Å². The third-order valence-corrected chi connectivity index (χ3v) is 4.89. The van der Waals surface area contributed by atoms with Crippen LogP contribution in [0.25, 0.3) is 0 Å². The smallest absolute Gasteiger partial charge is 0.175 e. The zero-order valence-corrected chi connectivity index (χ0v) is 14.2. The molecule has 1 N–H and O–H groups in total. The lowest BCUT2D eigenvalue weighted by atomic mass is 10.2. The van der Waals surface area contributed by atoms with Crippen molar-refractivity contribution < 1.29 is 12.8 Å². The van der Waals surface area contributed by atoms with Crippen LogP contribution in [0.1, 0.15) is 5.56 Å². The van der Waals surface area contributed by atoms with E-state index < -0.39 is 15.7 Å². The highest BCUT2D eigenvalue weighted by molar-refractivity contribution is 9.10. The lowest BCUT2D eigenvalue weighted by molar-refractivity contribution is 0.601. The molecule has 0 unspecified atom stereocenters. The summed E-state index contributed by atoms with van der Waals surface area (Å²) in [6.45, 7) is 0.112. The van der Waals surface area contributed by atoms with E-state index in [1.54, 1.807) is 24.3 Å². The number of halogens is 3. The number of hydrogen-bond donors (Lipinski definition) is 1. The maximum absolute atomic E-state index is 13.7. The van der Waals surface area contributed by atoms with Gasteiger partial charge >= 0.3 is 0 Å². The first-order chi connectivity index (χ1) is 9.79.